The summed E-state index contributed by atoms with van der Waals surface area (Å²) in [5.41, 5.74) is 2.78. The maximum atomic E-state index is 12.7. The Kier molecular flexibility index (Phi) is 3.41. The van der Waals surface area contributed by atoms with Gasteiger partial charge in [-0.25, -0.2) is 0 Å². The normalized spacial score (nSPS) is 22.6. The molecule has 1 aromatic carbocycles. The predicted octanol–water partition coefficient (Wildman–Crippen LogP) is 3.49. The SMILES string of the molecule is CCC1c2ccccc2CCN1C(=O)C1CC=CC1. The molecule has 0 saturated heterocycles. The first-order chi connectivity index (χ1) is 9.31. The zero-order valence-electron chi connectivity index (χ0n) is 11.5. The van der Waals surface area contributed by atoms with Crippen LogP contribution in [0.3, 0.4) is 0 Å². The third kappa shape index (κ3) is 2.20. The van der Waals surface area contributed by atoms with E-state index in [2.05, 4.69) is 48.2 Å². The highest BCUT2D eigenvalue weighted by molar-refractivity contribution is 5.80. The molecule has 1 aliphatic heterocycles. The number of fused-ring (bicyclic) bond motifs is 1. The summed E-state index contributed by atoms with van der Waals surface area (Å²) < 4.78 is 0. The lowest BCUT2D eigenvalue weighted by Gasteiger charge is -2.38. The van der Waals surface area contributed by atoms with E-state index in [1.807, 2.05) is 0 Å². The lowest BCUT2D eigenvalue weighted by atomic mass is 9.90. The van der Waals surface area contributed by atoms with E-state index in [9.17, 15) is 4.79 Å². The molecular formula is C17H21NO. The molecule has 0 bridgehead atoms. The Bertz CT molecular complexity index is 498. The smallest absolute Gasteiger partial charge is 0.226 e. The van der Waals surface area contributed by atoms with Gasteiger partial charge in [0.15, 0.2) is 0 Å². The highest BCUT2D eigenvalue weighted by Crippen LogP contribution is 2.34. The summed E-state index contributed by atoms with van der Waals surface area (Å²) in [4.78, 5) is 14.8. The van der Waals surface area contributed by atoms with Crippen molar-refractivity contribution in [2.45, 2.75) is 38.6 Å². The number of carbonyl (C=O) groups is 1. The summed E-state index contributed by atoms with van der Waals surface area (Å²) in [5, 5.41) is 0. The van der Waals surface area contributed by atoms with Crippen molar-refractivity contribution >= 4 is 5.91 Å². The molecular weight excluding hydrogens is 234 g/mol. The number of rotatable bonds is 2. The van der Waals surface area contributed by atoms with E-state index in [0.29, 0.717) is 5.91 Å². The molecule has 0 N–H and O–H groups in total. The Morgan fingerprint density at radius 1 is 1.26 bits per heavy atom. The van der Waals surface area contributed by atoms with Crippen LogP contribution in [0.2, 0.25) is 0 Å². The quantitative estimate of drug-likeness (QED) is 0.741. The zero-order chi connectivity index (χ0) is 13.2. The molecule has 1 aromatic rings. The lowest BCUT2D eigenvalue weighted by Crippen LogP contribution is -2.42. The van der Waals surface area contributed by atoms with Crippen molar-refractivity contribution in [2.75, 3.05) is 6.54 Å². The molecule has 0 radical (unpaired) electrons. The fourth-order valence-electron chi connectivity index (χ4n) is 3.41. The van der Waals surface area contributed by atoms with Gasteiger partial charge in [0.1, 0.15) is 0 Å². The number of allylic oxidation sites excluding steroid dienone is 2. The summed E-state index contributed by atoms with van der Waals surface area (Å²) in [6.07, 6.45) is 8.13. The Morgan fingerprint density at radius 2 is 2.00 bits per heavy atom. The maximum Gasteiger partial charge on any atom is 0.226 e. The number of hydrogen-bond acceptors (Lipinski definition) is 1. The molecule has 1 amide bonds. The van der Waals surface area contributed by atoms with E-state index in [1.165, 1.54) is 11.1 Å². The van der Waals surface area contributed by atoms with Crippen molar-refractivity contribution in [3.63, 3.8) is 0 Å². The maximum absolute atomic E-state index is 12.7. The number of carbonyl (C=O) groups excluding carboxylic acids is 1. The van der Waals surface area contributed by atoms with Gasteiger partial charge in [0.2, 0.25) is 5.91 Å². The molecule has 1 unspecified atom stereocenters. The molecule has 1 heterocycles. The molecule has 0 aromatic heterocycles. The standard InChI is InChI=1S/C17H21NO/c1-2-16-15-10-6-5-7-13(15)11-12-18(16)17(19)14-8-3-4-9-14/h3-7,10,14,16H,2,8-9,11-12H2,1H3. The molecule has 2 nitrogen and oxygen atoms in total. The molecule has 1 atom stereocenters. The third-order valence-electron chi connectivity index (χ3n) is 4.44. The minimum absolute atomic E-state index is 0.194. The first kappa shape index (κ1) is 12.5. The van der Waals surface area contributed by atoms with Crippen LogP contribution in [0.1, 0.15) is 43.4 Å². The van der Waals surface area contributed by atoms with Crippen LogP contribution in [-0.4, -0.2) is 17.4 Å². The second-order valence-corrected chi connectivity index (χ2v) is 5.54. The highest BCUT2D eigenvalue weighted by Gasteiger charge is 2.33. The summed E-state index contributed by atoms with van der Waals surface area (Å²) in [6, 6.07) is 8.86. The van der Waals surface area contributed by atoms with Crippen molar-refractivity contribution in [3.8, 4) is 0 Å². The van der Waals surface area contributed by atoms with Crippen LogP contribution >= 0.6 is 0 Å². The Hall–Kier alpha value is -1.57. The summed E-state index contributed by atoms with van der Waals surface area (Å²) >= 11 is 0. The van der Waals surface area contributed by atoms with Crippen molar-refractivity contribution < 1.29 is 4.79 Å². The fourth-order valence-corrected chi connectivity index (χ4v) is 3.41. The molecule has 100 valence electrons. The molecule has 19 heavy (non-hydrogen) atoms. The molecule has 2 aliphatic rings. The van der Waals surface area contributed by atoms with Gasteiger partial charge in [0.05, 0.1) is 6.04 Å². The van der Waals surface area contributed by atoms with Gasteiger partial charge in [-0.3, -0.25) is 4.79 Å². The van der Waals surface area contributed by atoms with E-state index in [1.54, 1.807) is 0 Å². The van der Waals surface area contributed by atoms with Crippen LogP contribution in [-0.2, 0) is 11.2 Å². The van der Waals surface area contributed by atoms with Gasteiger partial charge in [-0.05, 0) is 36.8 Å². The molecule has 3 rings (SSSR count). The number of amides is 1. The average Bonchev–Trinajstić information content (AvgIpc) is 2.99. The molecule has 0 saturated carbocycles. The van der Waals surface area contributed by atoms with E-state index in [4.69, 9.17) is 0 Å². The van der Waals surface area contributed by atoms with Gasteiger partial charge in [-0.15, -0.1) is 0 Å². The van der Waals surface area contributed by atoms with E-state index < -0.39 is 0 Å². The van der Waals surface area contributed by atoms with E-state index in [0.717, 1.165) is 32.2 Å². The summed E-state index contributed by atoms with van der Waals surface area (Å²) in [6.45, 7) is 3.06. The van der Waals surface area contributed by atoms with Crippen molar-refractivity contribution in [1.82, 2.24) is 4.90 Å². The topological polar surface area (TPSA) is 20.3 Å². The minimum atomic E-state index is 0.194. The van der Waals surface area contributed by atoms with Gasteiger partial charge in [0.25, 0.3) is 0 Å². The second kappa shape index (κ2) is 5.20. The fraction of sp³-hybridized carbons (Fsp3) is 0.471. The third-order valence-corrected chi connectivity index (χ3v) is 4.44. The number of nitrogens with zero attached hydrogens (tertiary/aromatic N) is 1. The van der Waals surface area contributed by atoms with Crippen molar-refractivity contribution in [3.05, 3.63) is 47.5 Å². The largest absolute Gasteiger partial charge is 0.335 e. The number of hydrogen-bond donors (Lipinski definition) is 0. The Labute approximate surface area is 115 Å². The van der Waals surface area contributed by atoms with Gasteiger partial charge in [-0.1, -0.05) is 43.3 Å². The van der Waals surface area contributed by atoms with Crippen LogP contribution in [0.5, 0.6) is 0 Å². The van der Waals surface area contributed by atoms with Crippen LogP contribution in [0, 0.1) is 5.92 Å². The summed E-state index contributed by atoms with van der Waals surface area (Å²) in [5.74, 6) is 0.547. The summed E-state index contributed by atoms with van der Waals surface area (Å²) in [7, 11) is 0. The first-order valence-electron chi connectivity index (χ1n) is 7.34. The van der Waals surface area contributed by atoms with Crippen LogP contribution in [0.4, 0.5) is 0 Å². The monoisotopic (exact) mass is 255 g/mol. The van der Waals surface area contributed by atoms with Gasteiger partial charge < -0.3 is 4.90 Å². The predicted molar refractivity (Wildman–Crippen MR) is 76.8 cm³/mol. The minimum Gasteiger partial charge on any atom is -0.335 e. The van der Waals surface area contributed by atoms with E-state index >= 15 is 0 Å². The zero-order valence-corrected chi connectivity index (χ0v) is 11.5. The van der Waals surface area contributed by atoms with Crippen molar-refractivity contribution in [1.29, 1.82) is 0 Å². The van der Waals surface area contributed by atoms with Gasteiger partial charge in [0, 0.05) is 12.5 Å². The molecule has 0 spiro atoms. The van der Waals surface area contributed by atoms with Crippen molar-refractivity contribution in [2.24, 2.45) is 5.92 Å². The molecule has 1 aliphatic carbocycles. The molecule has 0 fully saturated rings. The van der Waals surface area contributed by atoms with Crippen LogP contribution in [0.15, 0.2) is 36.4 Å². The van der Waals surface area contributed by atoms with Gasteiger partial charge >= 0.3 is 0 Å². The van der Waals surface area contributed by atoms with Gasteiger partial charge in [-0.2, -0.15) is 0 Å². The second-order valence-electron chi connectivity index (χ2n) is 5.54. The average molecular weight is 255 g/mol. The number of benzene rings is 1. The lowest BCUT2D eigenvalue weighted by molar-refractivity contribution is -0.138. The Morgan fingerprint density at radius 3 is 2.74 bits per heavy atom. The Balaban J connectivity index is 1.85. The highest BCUT2D eigenvalue weighted by atomic mass is 16.2. The van der Waals surface area contributed by atoms with Crippen LogP contribution < -0.4 is 0 Å². The van der Waals surface area contributed by atoms with Crippen LogP contribution in [0.25, 0.3) is 0 Å². The van der Waals surface area contributed by atoms with E-state index in [-0.39, 0.29) is 12.0 Å². The first-order valence-corrected chi connectivity index (χ1v) is 7.34. The molecule has 2 heteroatoms.